The van der Waals surface area contributed by atoms with Crippen molar-refractivity contribution in [3.05, 3.63) is 65.7 Å². The minimum Gasteiger partial charge on any atom is -0.445 e. The number of amides is 2. The maximum Gasteiger partial charge on any atom is 0.410 e. The summed E-state index contributed by atoms with van der Waals surface area (Å²) in [5.41, 5.74) is 1.66. The number of halogens is 1. The van der Waals surface area contributed by atoms with Crippen LogP contribution in [0.2, 0.25) is 0 Å². The molecule has 3 aromatic rings. The summed E-state index contributed by atoms with van der Waals surface area (Å²) in [5, 5.41) is 2.74. The van der Waals surface area contributed by atoms with E-state index in [1.54, 1.807) is 11.0 Å². The summed E-state index contributed by atoms with van der Waals surface area (Å²) in [6, 6.07) is 13.8. The van der Waals surface area contributed by atoms with Crippen molar-refractivity contribution in [2.75, 3.05) is 19.6 Å². The average molecular weight is 469 g/mol. The van der Waals surface area contributed by atoms with Crippen LogP contribution in [-0.2, 0) is 22.5 Å². The van der Waals surface area contributed by atoms with E-state index in [2.05, 4.69) is 10.3 Å². The Bertz CT molecular complexity index is 1170. The summed E-state index contributed by atoms with van der Waals surface area (Å²) in [6.07, 6.45) is -0.458. The van der Waals surface area contributed by atoms with Gasteiger partial charge in [0.05, 0.1) is 17.1 Å². The van der Waals surface area contributed by atoms with Crippen molar-refractivity contribution in [1.82, 2.24) is 19.8 Å². The standard InChI is InChI=1S/C25H29FN4O4/c1-25(2,3)34-24(32)29-14-19(15-29)30-21-13-18(26)9-10-20(21)28-22(30)11-12-27-23(31)33-16-17-7-5-4-6-8-17/h4-10,13,19H,11-12,14-16H2,1-3H3,(H,27,31). The molecule has 0 radical (unpaired) electrons. The molecule has 0 aliphatic carbocycles. The molecule has 1 fully saturated rings. The van der Waals surface area contributed by atoms with E-state index in [4.69, 9.17) is 9.47 Å². The summed E-state index contributed by atoms with van der Waals surface area (Å²) in [6.45, 7) is 6.85. The number of nitrogens with zero attached hydrogens (tertiary/aromatic N) is 3. The second-order valence-corrected chi connectivity index (χ2v) is 9.31. The van der Waals surface area contributed by atoms with Crippen molar-refractivity contribution in [3.8, 4) is 0 Å². The van der Waals surface area contributed by atoms with Crippen LogP contribution in [0.3, 0.4) is 0 Å². The van der Waals surface area contributed by atoms with E-state index < -0.39 is 11.7 Å². The molecule has 9 heteroatoms. The fourth-order valence-electron chi connectivity index (χ4n) is 3.84. The summed E-state index contributed by atoms with van der Waals surface area (Å²) in [5.74, 6) is 0.351. The fourth-order valence-corrected chi connectivity index (χ4v) is 3.84. The van der Waals surface area contributed by atoms with Crippen molar-refractivity contribution in [2.24, 2.45) is 0 Å². The molecule has 0 atom stereocenters. The van der Waals surface area contributed by atoms with E-state index in [0.29, 0.717) is 42.9 Å². The third kappa shape index (κ3) is 5.65. The van der Waals surface area contributed by atoms with Gasteiger partial charge in [0.2, 0.25) is 0 Å². The maximum absolute atomic E-state index is 14.0. The molecular weight excluding hydrogens is 439 g/mol. The Labute approximate surface area is 197 Å². The van der Waals surface area contributed by atoms with E-state index in [-0.39, 0.29) is 24.6 Å². The van der Waals surface area contributed by atoms with Crippen molar-refractivity contribution in [3.63, 3.8) is 0 Å². The lowest BCUT2D eigenvalue weighted by Crippen LogP contribution is -2.52. The number of ether oxygens (including phenoxy) is 2. The Morgan fingerprint density at radius 1 is 1.15 bits per heavy atom. The third-order valence-corrected chi connectivity index (χ3v) is 5.43. The molecule has 0 saturated carbocycles. The van der Waals surface area contributed by atoms with Crippen LogP contribution in [-0.4, -0.2) is 51.9 Å². The first kappa shape index (κ1) is 23.5. The summed E-state index contributed by atoms with van der Waals surface area (Å²) in [7, 11) is 0. The zero-order chi connectivity index (χ0) is 24.3. The maximum atomic E-state index is 14.0. The molecule has 1 aliphatic rings. The largest absolute Gasteiger partial charge is 0.445 e. The van der Waals surface area contributed by atoms with Gasteiger partial charge in [0.15, 0.2) is 0 Å². The van der Waals surface area contributed by atoms with E-state index in [9.17, 15) is 14.0 Å². The smallest absolute Gasteiger partial charge is 0.410 e. The molecule has 0 spiro atoms. The SMILES string of the molecule is CC(C)(C)OC(=O)N1CC(n2c(CCNC(=O)OCc3ccccc3)nc3ccc(F)cc32)C1. The minimum absolute atomic E-state index is 0.0562. The molecular formula is C25H29FN4O4. The van der Waals surface area contributed by atoms with Gasteiger partial charge in [-0.15, -0.1) is 0 Å². The normalized spacial score (nSPS) is 14.1. The molecule has 1 N–H and O–H groups in total. The quantitative estimate of drug-likeness (QED) is 0.578. The van der Waals surface area contributed by atoms with Gasteiger partial charge in [-0.3, -0.25) is 0 Å². The lowest BCUT2D eigenvalue weighted by atomic mass is 10.1. The highest BCUT2D eigenvalue weighted by Crippen LogP contribution is 2.30. The molecule has 4 rings (SSSR count). The molecule has 0 bridgehead atoms. The summed E-state index contributed by atoms with van der Waals surface area (Å²) in [4.78, 5) is 30.7. The van der Waals surface area contributed by atoms with Crippen LogP contribution in [0.15, 0.2) is 48.5 Å². The Hall–Kier alpha value is -3.62. The predicted octanol–water partition coefficient (Wildman–Crippen LogP) is 4.44. The Kier molecular flexibility index (Phi) is 6.72. The second kappa shape index (κ2) is 9.70. The fraction of sp³-hybridized carbons (Fsp3) is 0.400. The van der Waals surface area contributed by atoms with Crippen LogP contribution in [0.25, 0.3) is 11.0 Å². The van der Waals surface area contributed by atoms with Crippen molar-refractivity contribution in [1.29, 1.82) is 0 Å². The molecule has 1 saturated heterocycles. The Morgan fingerprint density at radius 2 is 1.88 bits per heavy atom. The number of rotatable bonds is 6. The number of benzene rings is 2. The van der Waals surface area contributed by atoms with E-state index in [1.165, 1.54) is 12.1 Å². The van der Waals surface area contributed by atoms with Gasteiger partial charge in [-0.05, 0) is 44.5 Å². The number of carbonyl (C=O) groups excluding carboxylic acids is 2. The number of aromatic nitrogens is 2. The molecule has 34 heavy (non-hydrogen) atoms. The number of nitrogens with one attached hydrogen (secondary N) is 1. The third-order valence-electron chi connectivity index (χ3n) is 5.43. The molecule has 0 unspecified atom stereocenters. The highest BCUT2D eigenvalue weighted by atomic mass is 19.1. The summed E-state index contributed by atoms with van der Waals surface area (Å²) >= 11 is 0. The van der Waals surface area contributed by atoms with Gasteiger partial charge in [-0.1, -0.05) is 30.3 Å². The minimum atomic E-state index is -0.570. The van der Waals surface area contributed by atoms with E-state index >= 15 is 0 Å². The van der Waals surface area contributed by atoms with Gasteiger partial charge >= 0.3 is 12.2 Å². The number of imidazole rings is 1. The first-order valence-corrected chi connectivity index (χ1v) is 11.3. The van der Waals surface area contributed by atoms with E-state index in [1.807, 2.05) is 55.7 Å². The van der Waals surface area contributed by atoms with Crippen LogP contribution >= 0.6 is 0 Å². The molecule has 2 aromatic carbocycles. The second-order valence-electron chi connectivity index (χ2n) is 9.31. The predicted molar refractivity (Wildman–Crippen MR) is 125 cm³/mol. The zero-order valence-corrected chi connectivity index (χ0v) is 19.6. The van der Waals surface area contributed by atoms with Gasteiger partial charge < -0.3 is 24.3 Å². The van der Waals surface area contributed by atoms with Gasteiger partial charge in [-0.25, -0.2) is 19.0 Å². The number of hydrogen-bond donors (Lipinski definition) is 1. The Morgan fingerprint density at radius 3 is 2.59 bits per heavy atom. The van der Waals surface area contributed by atoms with Gasteiger partial charge in [0.1, 0.15) is 23.8 Å². The van der Waals surface area contributed by atoms with Crippen molar-refractivity contribution >= 4 is 23.2 Å². The van der Waals surface area contributed by atoms with Crippen molar-refractivity contribution in [2.45, 2.75) is 45.4 Å². The van der Waals surface area contributed by atoms with Crippen LogP contribution in [0.5, 0.6) is 0 Å². The molecule has 1 aromatic heterocycles. The topological polar surface area (TPSA) is 85.7 Å². The highest BCUT2D eigenvalue weighted by Gasteiger charge is 2.36. The van der Waals surface area contributed by atoms with Crippen LogP contribution in [0, 0.1) is 5.82 Å². The number of alkyl carbamates (subject to hydrolysis) is 1. The first-order valence-electron chi connectivity index (χ1n) is 11.3. The van der Waals surface area contributed by atoms with Gasteiger partial charge in [-0.2, -0.15) is 0 Å². The number of fused-ring (bicyclic) bond motifs is 1. The number of carbonyl (C=O) groups is 2. The molecule has 2 amide bonds. The van der Waals surface area contributed by atoms with Gasteiger partial charge in [0, 0.05) is 26.1 Å². The molecule has 8 nitrogen and oxygen atoms in total. The summed E-state index contributed by atoms with van der Waals surface area (Å²) < 4.78 is 26.6. The molecule has 1 aliphatic heterocycles. The van der Waals surface area contributed by atoms with Gasteiger partial charge in [0.25, 0.3) is 0 Å². The average Bonchev–Trinajstić information content (AvgIpc) is 3.08. The monoisotopic (exact) mass is 468 g/mol. The molecule has 2 heterocycles. The highest BCUT2D eigenvalue weighted by molar-refractivity contribution is 5.77. The lowest BCUT2D eigenvalue weighted by molar-refractivity contribution is 0.00118. The van der Waals surface area contributed by atoms with E-state index in [0.717, 1.165) is 5.56 Å². The first-order chi connectivity index (χ1) is 16.2. The van der Waals surface area contributed by atoms with Crippen LogP contribution < -0.4 is 5.32 Å². The lowest BCUT2D eigenvalue weighted by Gasteiger charge is -2.41. The number of hydrogen-bond acceptors (Lipinski definition) is 5. The van der Waals surface area contributed by atoms with Crippen LogP contribution in [0.4, 0.5) is 14.0 Å². The Balaban J connectivity index is 1.39. The number of likely N-dealkylation sites (tertiary alicyclic amines) is 1. The van der Waals surface area contributed by atoms with Crippen molar-refractivity contribution < 1.29 is 23.5 Å². The van der Waals surface area contributed by atoms with Crippen LogP contribution in [0.1, 0.15) is 38.2 Å². The molecule has 180 valence electrons. The zero-order valence-electron chi connectivity index (χ0n) is 19.6.